The Bertz CT molecular complexity index is 3010. The third kappa shape index (κ3) is 5.32. The lowest BCUT2D eigenvalue weighted by Crippen LogP contribution is -2.32. The van der Waals surface area contributed by atoms with E-state index in [-0.39, 0.29) is 11.5 Å². The van der Waals surface area contributed by atoms with Crippen LogP contribution in [-0.4, -0.2) is 10.4 Å². The van der Waals surface area contributed by atoms with Crippen LogP contribution in [0.15, 0.2) is 199 Å². The lowest BCUT2D eigenvalue weighted by atomic mass is 9.74. The van der Waals surface area contributed by atoms with Crippen molar-refractivity contribution in [2.75, 3.05) is 4.90 Å². The zero-order valence-corrected chi connectivity index (χ0v) is 31.9. The highest BCUT2D eigenvalue weighted by Crippen LogP contribution is 2.51. The van der Waals surface area contributed by atoms with Crippen molar-refractivity contribution in [3.8, 4) is 5.69 Å². The van der Waals surface area contributed by atoms with E-state index in [1.54, 1.807) is 0 Å². The van der Waals surface area contributed by atoms with E-state index in [1.807, 2.05) is 0 Å². The largest absolute Gasteiger partial charge is 0.359 e. The van der Waals surface area contributed by atoms with E-state index in [4.69, 9.17) is 4.99 Å². The van der Waals surface area contributed by atoms with E-state index in [1.165, 1.54) is 55.0 Å². The van der Waals surface area contributed by atoms with Gasteiger partial charge in [0.25, 0.3) is 0 Å². The SMILES string of the molecule is CC1(C)c2cc(C3=NC(c4ccccc4)=CC(c4ccccc4)N3)ccc2-n2c3ccc4ccccc4c3c3cc(N(c4ccccc4)c4ccccc4)cc1c32. The summed E-state index contributed by atoms with van der Waals surface area (Å²) in [5.41, 5.74) is 13.6. The molecule has 0 saturated heterocycles. The fourth-order valence-corrected chi connectivity index (χ4v) is 9.18. The zero-order chi connectivity index (χ0) is 38.1. The van der Waals surface area contributed by atoms with E-state index < -0.39 is 0 Å². The summed E-state index contributed by atoms with van der Waals surface area (Å²) in [6, 6.07) is 67.8. The molecule has 1 aromatic heterocycles. The summed E-state index contributed by atoms with van der Waals surface area (Å²) in [7, 11) is 0. The molecule has 9 aromatic rings. The second kappa shape index (κ2) is 13.0. The molecule has 0 spiro atoms. The topological polar surface area (TPSA) is 32.6 Å². The predicted octanol–water partition coefficient (Wildman–Crippen LogP) is 13.2. The van der Waals surface area contributed by atoms with Crippen LogP contribution in [0.4, 0.5) is 17.1 Å². The zero-order valence-electron chi connectivity index (χ0n) is 31.9. The predicted molar refractivity (Wildman–Crippen MR) is 238 cm³/mol. The Morgan fingerprint density at radius 3 is 1.93 bits per heavy atom. The van der Waals surface area contributed by atoms with Gasteiger partial charge in [-0.15, -0.1) is 0 Å². The summed E-state index contributed by atoms with van der Waals surface area (Å²) in [5.74, 6) is 0.871. The molecule has 0 bridgehead atoms. The third-order valence-electron chi connectivity index (χ3n) is 12.0. The highest BCUT2D eigenvalue weighted by atomic mass is 15.1. The number of aromatic nitrogens is 1. The normalized spacial score (nSPS) is 15.5. The molecule has 0 fully saturated rings. The van der Waals surface area contributed by atoms with Crippen LogP contribution in [0, 0.1) is 0 Å². The van der Waals surface area contributed by atoms with Gasteiger partial charge < -0.3 is 14.8 Å². The molecular weight excluding hydrogens is 693 g/mol. The minimum absolute atomic E-state index is 0.0236. The Morgan fingerprint density at radius 1 is 0.561 bits per heavy atom. The van der Waals surface area contributed by atoms with E-state index in [0.29, 0.717) is 0 Å². The van der Waals surface area contributed by atoms with Gasteiger partial charge in [0, 0.05) is 38.8 Å². The molecule has 0 saturated carbocycles. The third-order valence-corrected chi connectivity index (χ3v) is 12.0. The molecule has 0 aliphatic carbocycles. The van der Waals surface area contributed by atoms with Gasteiger partial charge in [-0.3, -0.25) is 0 Å². The minimum Gasteiger partial charge on any atom is -0.359 e. The molecule has 1 atom stereocenters. The molecule has 3 heterocycles. The standard InChI is InChI=1S/C53H40N4/c1-53(2)44-31-38(52-54-46(36-18-7-3-8-19-36)34-47(55-52)37-20-9-4-10-21-37)28-29-48(44)57-49-30-27-35-17-15-16-26-42(35)50(49)43-32-41(33-45(53)51(43)57)56(39-22-11-5-12-23-39)40-24-13-6-14-25-40/h3-34,46H,1-2H3,(H,54,55). The number of hydrogen-bond donors (Lipinski definition) is 1. The van der Waals surface area contributed by atoms with Gasteiger partial charge in [-0.05, 0) is 99.8 Å². The molecule has 1 N–H and O–H groups in total. The molecule has 0 radical (unpaired) electrons. The van der Waals surface area contributed by atoms with Crippen molar-refractivity contribution in [2.24, 2.45) is 4.99 Å². The lowest BCUT2D eigenvalue weighted by Gasteiger charge is -2.36. The van der Waals surface area contributed by atoms with Crippen LogP contribution in [0.1, 0.15) is 47.7 Å². The van der Waals surface area contributed by atoms with E-state index in [0.717, 1.165) is 39.7 Å². The van der Waals surface area contributed by atoms with Crippen molar-refractivity contribution in [1.29, 1.82) is 0 Å². The number of rotatable bonds is 6. The summed E-state index contributed by atoms with van der Waals surface area (Å²) in [5, 5.41) is 8.87. The molecule has 4 nitrogen and oxygen atoms in total. The molecule has 8 aromatic carbocycles. The summed E-state index contributed by atoms with van der Waals surface area (Å²) in [6.45, 7) is 4.78. The summed E-state index contributed by atoms with van der Waals surface area (Å²) in [6.07, 6.45) is 2.24. The maximum absolute atomic E-state index is 5.31. The van der Waals surface area contributed by atoms with Crippen LogP contribution in [-0.2, 0) is 5.41 Å². The average Bonchev–Trinajstić information content (AvgIpc) is 3.61. The lowest BCUT2D eigenvalue weighted by molar-refractivity contribution is 0.630. The molecule has 272 valence electrons. The highest BCUT2D eigenvalue weighted by molar-refractivity contribution is 6.23. The molecule has 11 rings (SSSR count). The van der Waals surface area contributed by atoms with Crippen LogP contribution in [0.25, 0.3) is 44.0 Å². The van der Waals surface area contributed by atoms with E-state index >= 15 is 0 Å². The molecule has 1 unspecified atom stereocenters. The second-order valence-electron chi connectivity index (χ2n) is 15.7. The van der Waals surface area contributed by atoms with Gasteiger partial charge >= 0.3 is 0 Å². The number of aliphatic imine (C=N–C) groups is 1. The average molecular weight is 733 g/mol. The molecular formula is C53H40N4. The van der Waals surface area contributed by atoms with Gasteiger partial charge in [-0.1, -0.05) is 141 Å². The first-order valence-electron chi connectivity index (χ1n) is 19.8. The number of anilines is 3. The monoisotopic (exact) mass is 732 g/mol. The number of hydrogen-bond acceptors (Lipinski definition) is 3. The Labute approximate surface area is 332 Å². The summed E-state index contributed by atoms with van der Waals surface area (Å²) < 4.78 is 2.52. The number of benzene rings is 8. The maximum Gasteiger partial charge on any atom is 0.134 e. The Kier molecular flexibility index (Phi) is 7.55. The maximum atomic E-state index is 5.31. The molecule has 2 aliphatic rings. The first-order chi connectivity index (χ1) is 28.0. The number of nitrogens with zero attached hydrogens (tertiary/aromatic N) is 3. The Balaban J connectivity index is 1.16. The molecule has 57 heavy (non-hydrogen) atoms. The molecule has 2 aliphatic heterocycles. The minimum atomic E-state index is -0.356. The van der Waals surface area contributed by atoms with E-state index in [2.05, 4.69) is 223 Å². The first-order valence-corrected chi connectivity index (χ1v) is 19.8. The van der Waals surface area contributed by atoms with Gasteiger partial charge in [-0.2, -0.15) is 0 Å². The van der Waals surface area contributed by atoms with Crippen LogP contribution >= 0.6 is 0 Å². The highest BCUT2D eigenvalue weighted by Gasteiger charge is 2.37. The number of nitrogens with one attached hydrogen (secondary N) is 1. The van der Waals surface area contributed by atoms with Crippen molar-refractivity contribution in [3.63, 3.8) is 0 Å². The van der Waals surface area contributed by atoms with Crippen molar-refractivity contribution in [2.45, 2.75) is 25.3 Å². The van der Waals surface area contributed by atoms with Crippen LogP contribution in [0.2, 0.25) is 0 Å². The first kappa shape index (κ1) is 33.2. The molecule has 0 amide bonds. The quantitative estimate of drug-likeness (QED) is 0.185. The summed E-state index contributed by atoms with van der Waals surface area (Å²) >= 11 is 0. The van der Waals surface area contributed by atoms with Gasteiger partial charge in [-0.25, -0.2) is 4.99 Å². The Hall–Kier alpha value is -7.17. The smallest absolute Gasteiger partial charge is 0.134 e. The fraction of sp³-hybridized carbons (Fsp3) is 0.0755. The molecule has 4 heteroatoms. The van der Waals surface area contributed by atoms with E-state index in [9.17, 15) is 0 Å². The van der Waals surface area contributed by atoms with Crippen LogP contribution in [0.5, 0.6) is 0 Å². The van der Waals surface area contributed by atoms with Crippen molar-refractivity contribution >= 4 is 61.2 Å². The van der Waals surface area contributed by atoms with Crippen molar-refractivity contribution in [3.05, 3.63) is 222 Å². The van der Waals surface area contributed by atoms with Gasteiger partial charge in [0.2, 0.25) is 0 Å². The Morgan fingerprint density at radius 2 is 1.21 bits per heavy atom. The summed E-state index contributed by atoms with van der Waals surface area (Å²) in [4.78, 5) is 7.71. The van der Waals surface area contributed by atoms with Gasteiger partial charge in [0.1, 0.15) is 5.84 Å². The van der Waals surface area contributed by atoms with Crippen molar-refractivity contribution in [1.82, 2.24) is 9.88 Å². The van der Waals surface area contributed by atoms with Crippen LogP contribution in [0.3, 0.4) is 0 Å². The fourth-order valence-electron chi connectivity index (χ4n) is 9.18. The van der Waals surface area contributed by atoms with Crippen LogP contribution < -0.4 is 10.2 Å². The van der Waals surface area contributed by atoms with Gasteiger partial charge in [0.15, 0.2) is 0 Å². The number of para-hydroxylation sites is 2. The van der Waals surface area contributed by atoms with Gasteiger partial charge in [0.05, 0.1) is 28.5 Å². The second-order valence-corrected chi connectivity index (χ2v) is 15.7. The number of fused-ring (bicyclic) bond motifs is 7. The van der Waals surface area contributed by atoms with Crippen molar-refractivity contribution < 1.29 is 0 Å². The number of amidine groups is 1.